The van der Waals surface area contributed by atoms with Gasteiger partial charge in [-0.25, -0.2) is 4.79 Å². The zero-order valence-corrected chi connectivity index (χ0v) is 11.9. The molecule has 0 aliphatic rings. The average Bonchev–Trinajstić information content (AvgIpc) is 3.16. The molecule has 0 saturated heterocycles. The van der Waals surface area contributed by atoms with E-state index < -0.39 is 5.97 Å². The summed E-state index contributed by atoms with van der Waals surface area (Å²) in [5.74, 6) is -0.929. The second kappa shape index (κ2) is 5.80. The zero-order valence-electron chi connectivity index (χ0n) is 11.0. The van der Waals surface area contributed by atoms with Gasteiger partial charge in [0.15, 0.2) is 0 Å². The molecule has 106 valence electrons. The molecule has 21 heavy (non-hydrogen) atoms. The Labute approximate surface area is 125 Å². The molecule has 0 saturated carbocycles. The molecule has 0 unspecified atom stereocenters. The number of nitrogens with zero attached hydrogens (tertiary/aromatic N) is 1. The maximum Gasteiger partial charge on any atom is 0.335 e. The van der Waals surface area contributed by atoms with Crippen molar-refractivity contribution in [3.8, 4) is 10.6 Å². The maximum atomic E-state index is 11.0. The lowest BCUT2D eigenvalue weighted by atomic mass is 10.2. The number of carboxylic acid groups (broad SMARTS) is 1. The monoisotopic (exact) mass is 299 g/mol. The van der Waals surface area contributed by atoms with Crippen molar-refractivity contribution >= 4 is 23.0 Å². The van der Waals surface area contributed by atoms with Gasteiger partial charge in [0.25, 0.3) is 0 Å². The van der Waals surface area contributed by atoms with Gasteiger partial charge >= 0.3 is 5.97 Å². The number of rotatable bonds is 5. The fraction of sp³-hybridized carbons (Fsp3) is 0.0667. The van der Waals surface area contributed by atoms with Crippen molar-refractivity contribution in [3.63, 3.8) is 0 Å². The number of aromatic carboxylic acids is 1. The number of carboxylic acids is 1. The summed E-state index contributed by atoms with van der Waals surface area (Å²) < 4.78 is 0. The van der Waals surface area contributed by atoms with E-state index in [1.54, 1.807) is 35.7 Å². The zero-order chi connectivity index (χ0) is 14.7. The third-order valence-corrected chi connectivity index (χ3v) is 3.97. The summed E-state index contributed by atoms with van der Waals surface area (Å²) in [5, 5.41) is 21.3. The van der Waals surface area contributed by atoms with E-state index in [1.807, 2.05) is 23.6 Å². The summed E-state index contributed by atoms with van der Waals surface area (Å²) in [7, 11) is 0. The standard InChI is InChI=1S/C15H13N3O2S/c19-15(20)10-3-1-4-12(7-10)16-8-11-9-17-18-14(11)13-5-2-6-21-13/h1-7,9,16H,8H2,(H,17,18)(H,19,20). The fourth-order valence-corrected chi connectivity index (χ4v) is 2.79. The Kier molecular flexibility index (Phi) is 3.70. The first-order valence-corrected chi connectivity index (χ1v) is 7.25. The minimum atomic E-state index is -0.929. The number of benzene rings is 1. The highest BCUT2D eigenvalue weighted by Crippen LogP contribution is 2.26. The highest BCUT2D eigenvalue weighted by Gasteiger charge is 2.09. The molecule has 3 N–H and O–H groups in total. The second-order valence-corrected chi connectivity index (χ2v) is 5.43. The molecule has 1 aromatic carbocycles. The predicted molar refractivity (Wildman–Crippen MR) is 82.6 cm³/mol. The summed E-state index contributed by atoms with van der Waals surface area (Å²) in [4.78, 5) is 12.1. The van der Waals surface area contributed by atoms with Gasteiger partial charge in [-0.1, -0.05) is 12.1 Å². The molecule has 0 atom stereocenters. The number of anilines is 1. The summed E-state index contributed by atoms with van der Waals surface area (Å²) >= 11 is 1.65. The third kappa shape index (κ3) is 2.95. The summed E-state index contributed by atoms with van der Waals surface area (Å²) in [5.41, 5.74) is 3.07. The molecule has 0 aliphatic heterocycles. The van der Waals surface area contributed by atoms with Crippen molar-refractivity contribution in [2.24, 2.45) is 0 Å². The summed E-state index contributed by atoms with van der Waals surface area (Å²) in [6.07, 6.45) is 1.78. The van der Waals surface area contributed by atoms with E-state index in [0.29, 0.717) is 6.54 Å². The Morgan fingerprint density at radius 1 is 1.33 bits per heavy atom. The van der Waals surface area contributed by atoms with Gasteiger partial charge in [-0.2, -0.15) is 5.10 Å². The molecule has 3 rings (SSSR count). The molecule has 5 nitrogen and oxygen atoms in total. The smallest absolute Gasteiger partial charge is 0.335 e. The van der Waals surface area contributed by atoms with Crippen LogP contribution >= 0.6 is 11.3 Å². The van der Waals surface area contributed by atoms with Crippen LogP contribution in [0.4, 0.5) is 5.69 Å². The van der Waals surface area contributed by atoms with E-state index >= 15 is 0 Å². The van der Waals surface area contributed by atoms with Crippen molar-refractivity contribution < 1.29 is 9.90 Å². The highest BCUT2D eigenvalue weighted by molar-refractivity contribution is 7.13. The van der Waals surface area contributed by atoms with Crippen LogP contribution in [0.1, 0.15) is 15.9 Å². The van der Waals surface area contributed by atoms with Crippen LogP contribution in [0.15, 0.2) is 48.0 Å². The number of thiophene rings is 1. The molecule has 0 amide bonds. The molecule has 6 heteroatoms. The van der Waals surface area contributed by atoms with Crippen molar-refractivity contribution in [1.82, 2.24) is 10.2 Å². The van der Waals surface area contributed by atoms with Gasteiger partial charge in [-0.15, -0.1) is 11.3 Å². The number of aromatic amines is 1. The van der Waals surface area contributed by atoms with Crippen LogP contribution < -0.4 is 5.32 Å². The molecule has 2 aromatic heterocycles. The van der Waals surface area contributed by atoms with Gasteiger partial charge in [0.1, 0.15) is 0 Å². The minimum Gasteiger partial charge on any atom is -0.478 e. The van der Waals surface area contributed by atoms with Gasteiger partial charge in [0.05, 0.1) is 22.3 Å². The molecule has 0 radical (unpaired) electrons. The molecule has 3 aromatic rings. The third-order valence-electron chi connectivity index (χ3n) is 3.08. The first kappa shape index (κ1) is 13.4. The van der Waals surface area contributed by atoms with Gasteiger partial charge in [-0.05, 0) is 29.6 Å². The normalized spacial score (nSPS) is 10.5. The highest BCUT2D eigenvalue weighted by atomic mass is 32.1. The molecule has 0 aliphatic carbocycles. The van der Waals surface area contributed by atoms with E-state index in [-0.39, 0.29) is 5.56 Å². The van der Waals surface area contributed by atoms with E-state index in [9.17, 15) is 4.79 Å². The average molecular weight is 299 g/mol. The Bertz CT molecular complexity index is 750. The maximum absolute atomic E-state index is 11.0. The molecule has 0 fully saturated rings. The van der Waals surface area contributed by atoms with E-state index in [4.69, 9.17) is 5.11 Å². The topological polar surface area (TPSA) is 78.0 Å². The van der Waals surface area contributed by atoms with Crippen LogP contribution in [0, 0.1) is 0 Å². The molecule has 0 spiro atoms. The second-order valence-electron chi connectivity index (χ2n) is 4.49. The Balaban J connectivity index is 1.76. The van der Waals surface area contributed by atoms with Crippen molar-refractivity contribution in [3.05, 3.63) is 59.1 Å². The van der Waals surface area contributed by atoms with Crippen LogP contribution in [0.25, 0.3) is 10.6 Å². The van der Waals surface area contributed by atoms with Crippen LogP contribution in [0.5, 0.6) is 0 Å². The van der Waals surface area contributed by atoms with Crippen molar-refractivity contribution in [1.29, 1.82) is 0 Å². The first-order chi connectivity index (χ1) is 10.2. The number of nitrogens with one attached hydrogen (secondary N) is 2. The van der Waals surface area contributed by atoms with E-state index in [0.717, 1.165) is 21.8 Å². The van der Waals surface area contributed by atoms with Crippen molar-refractivity contribution in [2.45, 2.75) is 6.54 Å². The fourth-order valence-electron chi connectivity index (χ4n) is 2.04. The molecular formula is C15H13N3O2S. The number of H-pyrrole nitrogens is 1. The van der Waals surface area contributed by atoms with Crippen LogP contribution in [-0.2, 0) is 6.54 Å². The van der Waals surface area contributed by atoms with Gasteiger partial charge < -0.3 is 10.4 Å². The summed E-state index contributed by atoms with van der Waals surface area (Å²) in [6, 6.07) is 10.8. The number of hydrogen-bond acceptors (Lipinski definition) is 4. The number of aromatic nitrogens is 2. The minimum absolute atomic E-state index is 0.269. The van der Waals surface area contributed by atoms with Crippen LogP contribution in [0.2, 0.25) is 0 Å². The first-order valence-electron chi connectivity index (χ1n) is 6.37. The Morgan fingerprint density at radius 2 is 2.24 bits per heavy atom. The van der Waals surface area contributed by atoms with Gasteiger partial charge in [-0.3, -0.25) is 5.10 Å². The van der Waals surface area contributed by atoms with Gasteiger partial charge in [0, 0.05) is 17.8 Å². The van der Waals surface area contributed by atoms with E-state index in [2.05, 4.69) is 15.5 Å². The SMILES string of the molecule is O=C(O)c1cccc(NCc2cn[nH]c2-c2cccs2)c1. The quantitative estimate of drug-likeness (QED) is 0.674. The molecular weight excluding hydrogens is 286 g/mol. The lowest BCUT2D eigenvalue weighted by Gasteiger charge is -2.07. The number of hydrogen-bond donors (Lipinski definition) is 3. The largest absolute Gasteiger partial charge is 0.478 e. The van der Waals surface area contributed by atoms with Crippen LogP contribution in [-0.4, -0.2) is 21.3 Å². The molecule has 2 heterocycles. The Hall–Kier alpha value is -2.60. The molecule has 0 bridgehead atoms. The lowest BCUT2D eigenvalue weighted by molar-refractivity contribution is 0.0697. The van der Waals surface area contributed by atoms with Crippen LogP contribution in [0.3, 0.4) is 0 Å². The lowest BCUT2D eigenvalue weighted by Crippen LogP contribution is -2.02. The van der Waals surface area contributed by atoms with E-state index in [1.165, 1.54) is 0 Å². The summed E-state index contributed by atoms with van der Waals surface area (Å²) in [6.45, 7) is 0.576. The predicted octanol–water partition coefficient (Wildman–Crippen LogP) is 3.45. The number of carbonyl (C=O) groups is 1. The Morgan fingerprint density at radius 3 is 3.00 bits per heavy atom. The van der Waals surface area contributed by atoms with Gasteiger partial charge in [0.2, 0.25) is 0 Å². The van der Waals surface area contributed by atoms with Crippen molar-refractivity contribution in [2.75, 3.05) is 5.32 Å².